The smallest absolute Gasteiger partial charge is 0.335 e. The fourth-order valence-corrected chi connectivity index (χ4v) is 1.93. The van der Waals surface area contributed by atoms with Crippen molar-refractivity contribution in [3.05, 3.63) is 35.5 Å². The molecule has 0 aliphatic heterocycles. The Morgan fingerprint density at radius 3 is 2.89 bits per heavy atom. The largest absolute Gasteiger partial charge is 0.478 e. The number of aromatic nitrogens is 1. The predicted octanol–water partition coefficient (Wildman–Crippen LogP) is 2.30. The van der Waals surface area contributed by atoms with E-state index in [4.69, 9.17) is 9.84 Å². The number of aryl methyl sites for hydroxylation is 1. The minimum absolute atomic E-state index is 0.257. The Morgan fingerprint density at radius 1 is 1.42 bits per heavy atom. The molecule has 1 heterocycles. The summed E-state index contributed by atoms with van der Waals surface area (Å²) >= 11 is 0. The van der Waals surface area contributed by atoms with Crippen LogP contribution in [0.25, 0.3) is 10.9 Å². The van der Waals surface area contributed by atoms with E-state index in [9.17, 15) is 4.79 Å². The number of ether oxygens (including phenoxy) is 1. The van der Waals surface area contributed by atoms with Crippen molar-refractivity contribution in [3.63, 3.8) is 0 Å². The van der Waals surface area contributed by atoms with Crippen LogP contribution in [0.1, 0.15) is 16.1 Å². The molecule has 2 aromatic rings. The van der Waals surface area contributed by atoms with Crippen LogP contribution in [0.5, 0.6) is 0 Å². The van der Waals surface area contributed by atoms with Crippen LogP contribution < -0.4 is 5.32 Å². The molecule has 2 N–H and O–H groups in total. The van der Waals surface area contributed by atoms with Gasteiger partial charge < -0.3 is 15.2 Å². The van der Waals surface area contributed by atoms with Crippen molar-refractivity contribution in [2.45, 2.75) is 6.92 Å². The number of pyridine rings is 1. The quantitative estimate of drug-likeness (QED) is 0.807. The Labute approximate surface area is 111 Å². The summed E-state index contributed by atoms with van der Waals surface area (Å²) < 4.78 is 5.00. The van der Waals surface area contributed by atoms with Crippen LogP contribution in [0.15, 0.2) is 24.3 Å². The van der Waals surface area contributed by atoms with E-state index < -0.39 is 5.97 Å². The van der Waals surface area contributed by atoms with Crippen LogP contribution in [0.3, 0.4) is 0 Å². The summed E-state index contributed by atoms with van der Waals surface area (Å²) in [4.78, 5) is 15.4. The normalized spacial score (nSPS) is 10.6. The molecule has 0 fully saturated rings. The number of rotatable bonds is 5. The van der Waals surface area contributed by atoms with Gasteiger partial charge in [0.15, 0.2) is 0 Å². The van der Waals surface area contributed by atoms with Gasteiger partial charge >= 0.3 is 5.97 Å². The standard InChI is InChI=1S/C14H16N2O3/c1-9-7-13(15-5-6-19-2)11-8-10(14(17)18)3-4-12(11)16-9/h3-4,7-8H,5-6H2,1-2H3,(H,15,16)(H,17,18). The number of nitrogens with zero attached hydrogens (tertiary/aromatic N) is 1. The zero-order valence-corrected chi connectivity index (χ0v) is 10.9. The van der Waals surface area contributed by atoms with Gasteiger partial charge in [-0.25, -0.2) is 4.79 Å². The second kappa shape index (κ2) is 5.67. The average molecular weight is 260 g/mol. The van der Waals surface area contributed by atoms with Gasteiger partial charge in [0.2, 0.25) is 0 Å². The number of hydrogen-bond donors (Lipinski definition) is 2. The molecule has 0 spiro atoms. The fourth-order valence-electron chi connectivity index (χ4n) is 1.93. The van der Waals surface area contributed by atoms with Crippen molar-refractivity contribution >= 4 is 22.6 Å². The molecule has 19 heavy (non-hydrogen) atoms. The Hall–Kier alpha value is -2.14. The first kappa shape index (κ1) is 13.3. The van der Waals surface area contributed by atoms with Crippen molar-refractivity contribution in [1.29, 1.82) is 0 Å². The predicted molar refractivity (Wildman–Crippen MR) is 73.8 cm³/mol. The van der Waals surface area contributed by atoms with Gasteiger partial charge in [-0.2, -0.15) is 0 Å². The van der Waals surface area contributed by atoms with Crippen molar-refractivity contribution in [2.24, 2.45) is 0 Å². The van der Waals surface area contributed by atoms with Gasteiger partial charge in [0.1, 0.15) is 0 Å². The number of nitrogens with one attached hydrogen (secondary N) is 1. The monoisotopic (exact) mass is 260 g/mol. The topological polar surface area (TPSA) is 71.5 Å². The number of aromatic carboxylic acids is 1. The Morgan fingerprint density at radius 2 is 2.21 bits per heavy atom. The maximum Gasteiger partial charge on any atom is 0.335 e. The minimum Gasteiger partial charge on any atom is -0.478 e. The van der Waals surface area contributed by atoms with Gasteiger partial charge in [-0.3, -0.25) is 4.98 Å². The van der Waals surface area contributed by atoms with Crippen molar-refractivity contribution in [1.82, 2.24) is 4.98 Å². The van der Waals surface area contributed by atoms with E-state index in [1.54, 1.807) is 25.3 Å². The van der Waals surface area contributed by atoms with Gasteiger partial charge in [0.25, 0.3) is 0 Å². The van der Waals surface area contributed by atoms with Crippen LogP contribution in [-0.4, -0.2) is 36.3 Å². The summed E-state index contributed by atoms with van der Waals surface area (Å²) in [7, 11) is 1.64. The van der Waals surface area contributed by atoms with Gasteiger partial charge in [0.05, 0.1) is 17.7 Å². The Bertz CT molecular complexity index is 611. The number of carboxylic acid groups (broad SMARTS) is 1. The number of hydrogen-bond acceptors (Lipinski definition) is 4. The maximum atomic E-state index is 11.0. The summed E-state index contributed by atoms with van der Waals surface area (Å²) in [5, 5.41) is 13.1. The first-order valence-corrected chi connectivity index (χ1v) is 5.99. The van der Waals surface area contributed by atoms with Crippen molar-refractivity contribution in [3.8, 4) is 0 Å². The number of anilines is 1. The average Bonchev–Trinajstić information content (AvgIpc) is 2.38. The molecule has 1 aromatic heterocycles. The number of carboxylic acids is 1. The third-order valence-electron chi connectivity index (χ3n) is 2.81. The summed E-state index contributed by atoms with van der Waals surface area (Å²) in [5.74, 6) is -0.940. The Kier molecular flexibility index (Phi) is 3.97. The summed E-state index contributed by atoms with van der Waals surface area (Å²) in [6, 6.07) is 6.84. The molecule has 0 aliphatic rings. The first-order valence-electron chi connectivity index (χ1n) is 5.99. The van der Waals surface area contributed by atoms with Crippen LogP contribution in [-0.2, 0) is 4.74 Å². The van der Waals surface area contributed by atoms with Crippen molar-refractivity contribution < 1.29 is 14.6 Å². The highest BCUT2D eigenvalue weighted by molar-refractivity contribution is 5.98. The second-order valence-electron chi connectivity index (χ2n) is 4.27. The Balaban J connectivity index is 2.46. The molecule has 0 saturated heterocycles. The van der Waals surface area contributed by atoms with E-state index in [0.29, 0.717) is 13.2 Å². The van der Waals surface area contributed by atoms with E-state index in [1.807, 2.05) is 13.0 Å². The van der Waals surface area contributed by atoms with Gasteiger partial charge in [0, 0.05) is 30.4 Å². The van der Waals surface area contributed by atoms with Gasteiger partial charge in [-0.15, -0.1) is 0 Å². The molecule has 0 atom stereocenters. The van der Waals surface area contributed by atoms with E-state index in [0.717, 1.165) is 22.3 Å². The molecule has 0 aliphatic carbocycles. The number of carbonyl (C=O) groups is 1. The molecule has 5 heteroatoms. The third kappa shape index (κ3) is 3.00. The highest BCUT2D eigenvalue weighted by atomic mass is 16.5. The zero-order chi connectivity index (χ0) is 13.8. The molecule has 1 aromatic carbocycles. The van der Waals surface area contributed by atoms with E-state index in [-0.39, 0.29) is 5.56 Å². The molecule has 0 saturated carbocycles. The lowest BCUT2D eigenvalue weighted by atomic mass is 10.1. The molecule has 2 rings (SSSR count). The number of fused-ring (bicyclic) bond motifs is 1. The van der Waals surface area contributed by atoms with E-state index in [2.05, 4.69) is 10.3 Å². The number of methoxy groups -OCH3 is 1. The van der Waals surface area contributed by atoms with Gasteiger partial charge in [-0.05, 0) is 31.2 Å². The number of benzene rings is 1. The highest BCUT2D eigenvalue weighted by Crippen LogP contribution is 2.24. The van der Waals surface area contributed by atoms with Crippen LogP contribution in [0.2, 0.25) is 0 Å². The fraction of sp³-hybridized carbons (Fsp3) is 0.286. The molecule has 5 nitrogen and oxygen atoms in total. The maximum absolute atomic E-state index is 11.0. The van der Waals surface area contributed by atoms with Gasteiger partial charge in [-0.1, -0.05) is 0 Å². The zero-order valence-electron chi connectivity index (χ0n) is 10.9. The molecular weight excluding hydrogens is 244 g/mol. The summed E-state index contributed by atoms with van der Waals surface area (Å²) in [5.41, 5.74) is 2.80. The van der Waals surface area contributed by atoms with Crippen LogP contribution in [0.4, 0.5) is 5.69 Å². The lowest BCUT2D eigenvalue weighted by molar-refractivity contribution is 0.0697. The lowest BCUT2D eigenvalue weighted by Crippen LogP contribution is -2.08. The van der Waals surface area contributed by atoms with Crippen molar-refractivity contribution in [2.75, 3.05) is 25.6 Å². The first-order chi connectivity index (χ1) is 9.11. The highest BCUT2D eigenvalue weighted by Gasteiger charge is 2.08. The molecule has 100 valence electrons. The second-order valence-corrected chi connectivity index (χ2v) is 4.27. The molecule has 0 bridgehead atoms. The lowest BCUT2D eigenvalue weighted by Gasteiger charge is -2.11. The summed E-state index contributed by atoms with van der Waals surface area (Å²) in [6.45, 7) is 3.15. The third-order valence-corrected chi connectivity index (χ3v) is 2.81. The summed E-state index contributed by atoms with van der Waals surface area (Å²) in [6.07, 6.45) is 0. The molecule has 0 unspecified atom stereocenters. The SMILES string of the molecule is COCCNc1cc(C)nc2ccc(C(=O)O)cc12. The van der Waals surface area contributed by atoms with E-state index >= 15 is 0 Å². The molecule has 0 radical (unpaired) electrons. The molecule has 0 amide bonds. The van der Waals surface area contributed by atoms with Crippen LogP contribution in [0, 0.1) is 6.92 Å². The minimum atomic E-state index is -0.940. The van der Waals surface area contributed by atoms with Crippen LogP contribution >= 0.6 is 0 Å². The molecular formula is C14H16N2O3. The van der Waals surface area contributed by atoms with E-state index in [1.165, 1.54) is 0 Å².